The van der Waals surface area contributed by atoms with E-state index < -0.39 is 11.6 Å². The molecule has 8 nitrogen and oxygen atoms in total. The molecular formula is C35H35BrN2O6. The number of nitrogens with one attached hydrogen (secondary N) is 1. The number of rotatable bonds is 13. The smallest absolute Gasteiger partial charge is 0.252 e. The lowest BCUT2D eigenvalue weighted by atomic mass is 9.82. The van der Waals surface area contributed by atoms with Crippen LogP contribution in [0.5, 0.6) is 17.2 Å². The monoisotopic (exact) mass is 658 g/mol. The molecule has 5 rings (SSSR count). The van der Waals surface area contributed by atoms with Crippen LogP contribution in [-0.2, 0) is 22.5 Å². The summed E-state index contributed by atoms with van der Waals surface area (Å²) in [5.41, 5.74) is 1.94. The van der Waals surface area contributed by atoms with E-state index in [9.17, 15) is 4.79 Å². The second-order valence-corrected chi connectivity index (χ2v) is 11.2. The first-order valence-electron chi connectivity index (χ1n) is 14.4. The Morgan fingerprint density at radius 3 is 2.39 bits per heavy atom. The number of benzene rings is 4. The summed E-state index contributed by atoms with van der Waals surface area (Å²) in [5, 5.41) is 12.2. The van der Waals surface area contributed by atoms with Gasteiger partial charge in [0.25, 0.3) is 5.91 Å². The first-order valence-corrected chi connectivity index (χ1v) is 15.1. The zero-order valence-electron chi connectivity index (χ0n) is 24.7. The second-order valence-electron chi connectivity index (χ2n) is 10.3. The molecule has 0 aromatic heterocycles. The second kappa shape index (κ2) is 14.4. The van der Waals surface area contributed by atoms with E-state index in [1.165, 1.54) is 0 Å². The lowest BCUT2D eigenvalue weighted by molar-refractivity contribution is -0.129. The van der Waals surface area contributed by atoms with Crippen molar-refractivity contribution in [1.82, 2.24) is 5.32 Å². The summed E-state index contributed by atoms with van der Waals surface area (Å²) in [4.78, 5) is 19.6. The fraction of sp³-hybridized carbons (Fsp3) is 0.257. The molecule has 2 N–H and O–H groups in total. The highest BCUT2D eigenvalue weighted by atomic mass is 79.9. The van der Waals surface area contributed by atoms with Gasteiger partial charge in [-0.1, -0.05) is 64.5 Å². The van der Waals surface area contributed by atoms with Gasteiger partial charge in [-0.2, -0.15) is 0 Å². The van der Waals surface area contributed by atoms with Crippen LogP contribution in [0, 0.1) is 0 Å². The Bertz CT molecular complexity index is 1590. The summed E-state index contributed by atoms with van der Waals surface area (Å²) in [6.45, 7) is 0.697. The van der Waals surface area contributed by atoms with Gasteiger partial charge in [-0.15, -0.1) is 0 Å². The fourth-order valence-corrected chi connectivity index (χ4v) is 5.67. The van der Waals surface area contributed by atoms with Gasteiger partial charge in [-0.25, -0.2) is 4.99 Å². The van der Waals surface area contributed by atoms with Crippen molar-refractivity contribution >= 4 is 27.7 Å². The molecule has 0 saturated heterocycles. The normalized spacial score (nSPS) is 17.4. The van der Waals surface area contributed by atoms with Gasteiger partial charge in [0.2, 0.25) is 5.90 Å². The Morgan fingerprint density at radius 1 is 0.955 bits per heavy atom. The highest BCUT2D eigenvalue weighted by Gasteiger charge is 2.53. The number of aliphatic imine (C=N–C) groups is 1. The summed E-state index contributed by atoms with van der Waals surface area (Å²) < 4.78 is 24.1. The van der Waals surface area contributed by atoms with Crippen LogP contribution < -0.4 is 19.5 Å². The lowest BCUT2D eigenvalue weighted by Gasteiger charge is -2.31. The molecule has 1 heterocycles. The van der Waals surface area contributed by atoms with Crippen LogP contribution in [-0.4, -0.2) is 49.9 Å². The highest BCUT2D eigenvalue weighted by Crippen LogP contribution is 2.44. The van der Waals surface area contributed by atoms with Crippen molar-refractivity contribution in [3.05, 3.63) is 124 Å². The number of aliphatic hydroxyl groups excluding tert-OH is 1. The maximum Gasteiger partial charge on any atom is 0.252 e. The number of nitrogens with zero attached hydrogens (tertiary/aromatic N) is 1. The fourth-order valence-electron chi connectivity index (χ4n) is 5.18. The molecule has 0 bridgehead atoms. The maximum absolute atomic E-state index is 14.5. The molecule has 2 atom stereocenters. The Hall–Kier alpha value is -4.34. The molecule has 1 amide bonds. The molecule has 0 fully saturated rings. The Labute approximate surface area is 265 Å². The number of carbonyl (C=O) groups is 1. The van der Waals surface area contributed by atoms with Crippen LogP contribution in [0.4, 0.5) is 0 Å². The van der Waals surface area contributed by atoms with Gasteiger partial charge in [0.05, 0.1) is 20.8 Å². The van der Waals surface area contributed by atoms with Crippen molar-refractivity contribution in [1.29, 1.82) is 0 Å². The van der Waals surface area contributed by atoms with Crippen LogP contribution in [0.15, 0.2) is 107 Å². The van der Waals surface area contributed by atoms with Gasteiger partial charge < -0.3 is 29.4 Å². The molecule has 44 heavy (non-hydrogen) atoms. The largest absolute Gasteiger partial charge is 0.497 e. The molecule has 9 heteroatoms. The van der Waals surface area contributed by atoms with E-state index in [1.54, 1.807) is 20.3 Å². The summed E-state index contributed by atoms with van der Waals surface area (Å²) >= 11 is 3.69. The first-order chi connectivity index (χ1) is 21.5. The van der Waals surface area contributed by atoms with E-state index in [1.807, 2.05) is 91.0 Å². The summed E-state index contributed by atoms with van der Waals surface area (Å²) in [6, 6.07) is 30.4. The Morgan fingerprint density at radius 2 is 1.68 bits per heavy atom. The third kappa shape index (κ3) is 6.90. The molecular weight excluding hydrogens is 624 g/mol. The van der Waals surface area contributed by atoms with Crippen molar-refractivity contribution in [2.75, 3.05) is 27.4 Å². The van der Waals surface area contributed by atoms with Crippen molar-refractivity contribution in [2.45, 2.75) is 31.0 Å². The minimum Gasteiger partial charge on any atom is -0.497 e. The van der Waals surface area contributed by atoms with E-state index >= 15 is 0 Å². The molecule has 4 aromatic rings. The summed E-state index contributed by atoms with van der Waals surface area (Å²) in [6.07, 6.45) is 0.119. The van der Waals surface area contributed by atoms with Crippen LogP contribution in [0.1, 0.15) is 34.8 Å². The van der Waals surface area contributed by atoms with Crippen molar-refractivity contribution in [3.8, 4) is 17.2 Å². The van der Waals surface area contributed by atoms with Gasteiger partial charge >= 0.3 is 0 Å². The van der Waals surface area contributed by atoms with Crippen LogP contribution in [0.3, 0.4) is 0 Å². The van der Waals surface area contributed by atoms with E-state index in [-0.39, 0.29) is 19.1 Å². The predicted molar refractivity (Wildman–Crippen MR) is 172 cm³/mol. The van der Waals surface area contributed by atoms with Crippen LogP contribution >= 0.6 is 15.9 Å². The van der Waals surface area contributed by atoms with Crippen LogP contribution in [0.2, 0.25) is 0 Å². The van der Waals surface area contributed by atoms with Crippen LogP contribution in [0.25, 0.3) is 0 Å². The number of hydrogen-bond donors (Lipinski definition) is 2. The van der Waals surface area contributed by atoms with Gasteiger partial charge in [-0.3, -0.25) is 4.79 Å². The van der Waals surface area contributed by atoms with E-state index in [2.05, 4.69) is 21.2 Å². The van der Waals surface area contributed by atoms with Crippen molar-refractivity contribution < 1.29 is 28.8 Å². The van der Waals surface area contributed by atoms with Gasteiger partial charge in [-0.05, 0) is 48.0 Å². The van der Waals surface area contributed by atoms with E-state index in [4.69, 9.17) is 29.0 Å². The third-order valence-electron chi connectivity index (χ3n) is 7.47. The molecule has 4 aromatic carbocycles. The number of amides is 1. The number of methoxy groups -OCH3 is 2. The molecule has 0 radical (unpaired) electrons. The number of aliphatic hydroxyl groups is 1. The number of hydrogen-bond acceptors (Lipinski definition) is 7. The van der Waals surface area contributed by atoms with E-state index in [0.29, 0.717) is 42.6 Å². The minimum atomic E-state index is -1.34. The summed E-state index contributed by atoms with van der Waals surface area (Å²) in [7, 11) is 3.18. The number of ether oxygens (including phenoxy) is 4. The zero-order valence-corrected chi connectivity index (χ0v) is 26.3. The Balaban J connectivity index is 1.55. The first kappa shape index (κ1) is 31.1. The molecule has 0 spiro atoms. The average Bonchev–Trinajstić information content (AvgIpc) is 3.44. The molecule has 0 saturated carbocycles. The maximum atomic E-state index is 14.5. The van der Waals surface area contributed by atoms with Gasteiger partial charge in [0.1, 0.15) is 17.2 Å². The van der Waals surface area contributed by atoms with Gasteiger partial charge in [0, 0.05) is 53.2 Å². The predicted octanol–water partition coefficient (Wildman–Crippen LogP) is 6.04. The Kier molecular flexibility index (Phi) is 10.2. The molecule has 228 valence electrons. The molecule has 0 unspecified atom stereocenters. The summed E-state index contributed by atoms with van der Waals surface area (Å²) in [5.74, 6) is 2.02. The van der Waals surface area contributed by atoms with Crippen molar-refractivity contribution in [2.24, 2.45) is 4.99 Å². The standard InChI is InChI=1S/C35H35BrN2O6/c1-41-28-18-15-26(31(21-28)42-2)23-37-34(40)35(22-24-9-4-3-5-10-24)32(29-11-6-7-12-30(29)36)44-33(38-35)25-13-16-27(17-14-25)43-20-8-19-39/h3-7,9-18,21,32,39H,8,19-20,22-23H2,1-2H3,(H,37,40)/t32-,35-/m1/s1. The number of halogens is 1. The zero-order chi connectivity index (χ0) is 30.9. The lowest BCUT2D eigenvalue weighted by Crippen LogP contribution is -2.49. The molecule has 0 aliphatic carbocycles. The molecule has 1 aliphatic rings. The number of carbonyl (C=O) groups excluding carboxylic acids is 1. The quantitative estimate of drug-likeness (QED) is 0.170. The van der Waals surface area contributed by atoms with E-state index in [0.717, 1.165) is 26.7 Å². The molecule has 1 aliphatic heterocycles. The SMILES string of the molecule is COc1ccc(CNC(=O)[C@]2(Cc3ccccc3)N=C(c3ccc(OCCCO)cc3)O[C@@H]2c2ccccc2Br)c(OC)c1. The minimum absolute atomic E-state index is 0.0654. The highest BCUT2D eigenvalue weighted by molar-refractivity contribution is 9.10. The van der Waals surface area contributed by atoms with Gasteiger partial charge in [0.15, 0.2) is 11.6 Å². The third-order valence-corrected chi connectivity index (χ3v) is 8.19. The average molecular weight is 660 g/mol. The topological polar surface area (TPSA) is 98.6 Å². The van der Waals surface area contributed by atoms with Crippen molar-refractivity contribution in [3.63, 3.8) is 0 Å².